The van der Waals surface area contributed by atoms with Crippen molar-refractivity contribution in [1.29, 1.82) is 0 Å². The van der Waals surface area contributed by atoms with E-state index in [1.54, 1.807) is 18.0 Å². The Hall–Kier alpha value is -2.84. The highest BCUT2D eigenvalue weighted by atomic mass is 16.5. The summed E-state index contributed by atoms with van der Waals surface area (Å²) >= 11 is 0. The number of aryl methyl sites for hydroxylation is 1. The molecule has 144 valence electrons. The van der Waals surface area contributed by atoms with Gasteiger partial charge in [-0.25, -0.2) is 9.78 Å². The van der Waals surface area contributed by atoms with Crippen molar-refractivity contribution in [2.24, 2.45) is 0 Å². The van der Waals surface area contributed by atoms with Gasteiger partial charge in [-0.15, -0.1) is 0 Å². The van der Waals surface area contributed by atoms with E-state index >= 15 is 0 Å². The molecule has 2 aliphatic rings. The summed E-state index contributed by atoms with van der Waals surface area (Å²) in [5.41, 5.74) is 0. The Balaban J connectivity index is 1.31. The van der Waals surface area contributed by atoms with E-state index in [1.807, 2.05) is 12.1 Å². The maximum Gasteiger partial charge on any atom is 0.317 e. The lowest BCUT2D eigenvalue weighted by atomic mass is 10.3. The zero-order valence-corrected chi connectivity index (χ0v) is 15.4. The molecule has 4 heterocycles. The zero-order chi connectivity index (χ0) is 18.6. The summed E-state index contributed by atoms with van der Waals surface area (Å²) in [6.45, 7) is 5.20. The van der Waals surface area contributed by atoms with Crippen LogP contribution in [0.3, 0.4) is 0 Å². The average molecular weight is 372 g/mol. The number of urea groups is 1. The highest BCUT2D eigenvalue weighted by Crippen LogP contribution is 2.30. The molecule has 1 atom stereocenters. The predicted octanol–water partition coefficient (Wildman–Crippen LogP) is 1.74. The van der Waals surface area contributed by atoms with Gasteiger partial charge in [-0.05, 0) is 31.9 Å². The Morgan fingerprint density at radius 1 is 1.37 bits per heavy atom. The van der Waals surface area contributed by atoms with Crippen LogP contribution in [0.25, 0.3) is 0 Å². The Labute approximate surface area is 157 Å². The summed E-state index contributed by atoms with van der Waals surface area (Å²) in [5, 5.41) is 6.52. The van der Waals surface area contributed by atoms with Gasteiger partial charge in [0, 0.05) is 32.3 Å². The van der Waals surface area contributed by atoms with Gasteiger partial charge in [-0.2, -0.15) is 4.98 Å². The first-order valence-corrected chi connectivity index (χ1v) is 9.37. The number of nitrogens with zero attached hydrogens (tertiary/aromatic N) is 5. The molecule has 0 spiro atoms. The van der Waals surface area contributed by atoms with Crippen LogP contribution in [-0.4, -0.2) is 58.3 Å². The minimum Gasteiger partial charge on any atom is -0.485 e. The largest absolute Gasteiger partial charge is 0.485 e. The van der Waals surface area contributed by atoms with Crippen molar-refractivity contribution in [2.75, 3.05) is 31.1 Å². The number of aromatic nitrogens is 3. The SMILES string of the molecule is Cc1noc(CNC(=O)N2CCC(Oc3cccnc3N3CCCC3)C2)n1. The van der Waals surface area contributed by atoms with Gasteiger partial charge in [0.05, 0.1) is 13.1 Å². The maximum atomic E-state index is 12.3. The summed E-state index contributed by atoms with van der Waals surface area (Å²) in [6.07, 6.45) is 4.93. The van der Waals surface area contributed by atoms with Gasteiger partial charge in [0.25, 0.3) is 0 Å². The number of hydrogen-bond donors (Lipinski definition) is 1. The highest BCUT2D eigenvalue weighted by molar-refractivity contribution is 5.74. The van der Waals surface area contributed by atoms with Crippen LogP contribution in [0.1, 0.15) is 31.0 Å². The topological polar surface area (TPSA) is 96.6 Å². The fourth-order valence-electron chi connectivity index (χ4n) is 3.50. The molecular formula is C18H24N6O3. The fraction of sp³-hybridized carbons (Fsp3) is 0.556. The van der Waals surface area contributed by atoms with E-state index < -0.39 is 0 Å². The van der Waals surface area contributed by atoms with Crippen LogP contribution in [0.4, 0.5) is 10.6 Å². The standard InChI is InChI=1S/C18H24N6O3/c1-13-21-16(27-22-13)11-20-18(25)24-10-6-14(12-24)26-15-5-4-7-19-17(15)23-8-2-3-9-23/h4-5,7,14H,2-3,6,8-12H2,1H3,(H,20,25). The van der Waals surface area contributed by atoms with E-state index in [4.69, 9.17) is 9.26 Å². The lowest BCUT2D eigenvalue weighted by Crippen LogP contribution is -2.39. The molecule has 2 aromatic heterocycles. The molecule has 2 aromatic rings. The van der Waals surface area contributed by atoms with Crippen LogP contribution in [0, 0.1) is 6.92 Å². The molecule has 0 radical (unpaired) electrons. The first-order valence-electron chi connectivity index (χ1n) is 9.37. The summed E-state index contributed by atoms with van der Waals surface area (Å²) < 4.78 is 11.2. The number of carbonyl (C=O) groups is 1. The van der Waals surface area contributed by atoms with Crippen molar-refractivity contribution >= 4 is 11.8 Å². The number of carbonyl (C=O) groups excluding carboxylic acids is 1. The van der Waals surface area contributed by atoms with Crippen molar-refractivity contribution in [2.45, 2.75) is 38.8 Å². The quantitative estimate of drug-likeness (QED) is 0.854. The Bertz CT molecular complexity index is 789. The highest BCUT2D eigenvalue weighted by Gasteiger charge is 2.29. The van der Waals surface area contributed by atoms with Crippen LogP contribution < -0.4 is 15.0 Å². The second-order valence-corrected chi connectivity index (χ2v) is 6.89. The fourth-order valence-corrected chi connectivity index (χ4v) is 3.50. The number of amides is 2. The monoisotopic (exact) mass is 372 g/mol. The third kappa shape index (κ3) is 4.12. The second kappa shape index (κ2) is 7.81. The summed E-state index contributed by atoms with van der Waals surface area (Å²) in [7, 11) is 0. The second-order valence-electron chi connectivity index (χ2n) is 6.89. The molecule has 0 saturated carbocycles. The van der Waals surface area contributed by atoms with Gasteiger partial charge >= 0.3 is 6.03 Å². The number of nitrogens with one attached hydrogen (secondary N) is 1. The molecule has 2 fully saturated rings. The molecule has 1 unspecified atom stereocenters. The molecule has 0 bridgehead atoms. The molecule has 27 heavy (non-hydrogen) atoms. The molecule has 2 saturated heterocycles. The molecular weight excluding hydrogens is 348 g/mol. The Morgan fingerprint density at radius 3 is 3.00 bits per heavy atom. The Morgan fingerprint density at radius 2 is 2.22 bits per heavy atom. The first kappa shape index (κ1) is 17.6. The zero-order valence-electron chi connectivity index (χ0n) is 15.4. The van der Waals surface area contributed by atoms with Gasteiger partial charge in [0.15, 0.2) is 17.4 Å². The van der Waals surface area contributed by atoms with E-state index in [-0.39, 0.29) is 18.7 Å². The van der Waals surface area contributed by atoms with E-state index in [0.717, 1.165) is 31.1 Å². The van der Waals surface area contributed by atoms with Gasteiger partial charge in [0.1, 0.15) is 6.10 Å². The minimum absolute atomic E-state index is 0.0352. The van der Waals surface area contributed by atoms with Crippen LogP contribution in [0.15, 0.2) is 22.9 Å². The number of pyridine rings is 1. The number of hydrogen-bond acceptors (Lipinski definition) is 7. The first-order chi connectivity index (χ1) is 13.2. The van der Waals surface area contributed by atoms with Gasteiger partial charge in [0.2, 0.25) is 5.89 Å². The molecule has 0 aliphatic carbocycles. The minimum atomic E-state index is -0.150. The van der Waals surface area contributed by atoms with Crippen molar-refractivity contribution in [3.63, 3.8) is 0 Å². The third-order valence-electron chi connectivity index (χ3n) is 4.84. The molecule has 1 N–H and O–H groups in total. The number of likely N-dealkylation sites (tertiary alicyclic amines) is 1. The number of ether oxygens (including phenoxy) is 1. The number of rotatable bonds is 5. The van der Waals surface area contributed by atoms with Crippen molar-refractivity contribution in [1.82, 2.24) is 25.3 Å². The van der Waals surface area contributed by atoms with Crippen molar-refractivity contribution < 1.29 is 14.1 Å². The summed E-state index contributed by atoms with van der Waals surface area (Å²) in [6, 6.07) is 3.70. The Kier molecular flexibility index (Phi) is 5.08. The maximum absolute atomic E-state index is 12.3. The summed E-state index contributed by atoms with van der Waals surface area (Å²) in [4.78, 5) is 24.9. The van der Waals surface area contributed by atoms with Crippen LogP contribution in [0.5, 0.6) is 5.75 Å². The normalized spacial score (nSPS) is 19.5. The van der Waals surface area contributed by atoms with E-state index in [2.05, 4.69) is 25.3 Å². The predicted molar refractivity (Wildman–Crippen MR) is 97.6 cm³/mol. The molecule has 0 aromatic carbocycles. The lowest BCUT2D eigenvalue weighted by Gasteiger charge is -2.22. The van der Waals surface area contributed by atoms with E-state index in [1.165, 1.54) is 12.8 Å². The van der Waals surface area contributed by atoms with Crippen LogP contribution in [0.2, 0.25) is 0 Å². The number of anilines is 1. The molecule has 9 nitrogen and oxygen atoms in total. The molecule has 2 amide bonds. The summed E-state index contributed by atoms with van der Waals surface area (Å²) in [5.74, 6) is 2.66. The van der Waals surface area contributed by atoms with Crippen LogP contribution >= 0.6 is 0 Å². The van der Waals surface area contributed by atoms with E-state index in [9.17, 15) is 4.79 Å². The average Bonchev–Trinajstić information content (AvgIpc) is 3.42. The van der Waals surface area contributed by atoms with Crippen molar-refractivity contribution in [3.05, 3.63) is 30.0 Å². The van der Waals surface area contributed by atoms with Crippen LogP contribution in [-0.2, 0) is 6.54 Å². The van der Waals surface area contributed by atoms with Crippen molar-refractivity contribution in [3.8, 4) is 5.75 Å². The lowest BCUT2D eigenvalue weighted by molar-refractivity contribution is 0.185. The van der Waals surface area contributed by atoms with E-state index in [0.29, 0.717) is 24.8 Å². The smallest absolute Gasteiger partial charge is 0.317 e. The molecule has 4 rings (SSSR count). The third-order valence-corrected chi connectivity index (χ3v) is 4.84. The van der Waals surface area contributed by atoms with Gasteiger partial charge in [-0.1, -0.05) is 5.16 Å². The van der Waals surface area contributed by atoms with Gasteiger partial charge in [-0.3, -0.25) is 0 Å². The molecule has 2 aliphatic heterocycles. The molecule has 9 heteroatoms. The van der Waals surface area contributed by atoms with Gasteiger partial charge < -0.3 is 24.4 Å².